The molecular formula is C14H24ClN5O2. The SMILES string of the molecule is CC(C)N(CC(N)=O)C(=O)C1(n2cccn2)CCNCC1.Cl. The zero-order valence-corrected chi connectivity index (χ0v) is 13.8. The van der Waals surface area contributed by atoms with Gasteiger partial charge in [0, 0.05) is 18.4 Å². The number of halogens is 1. The van der Waals surface area contributed by atoms with Crippen LogP contribution >= 0.6 is 12.4 Å². The average molecular weight is 330 g/mol. The molecule has 0 unspecified atom stereocenters. The summed E-state index contributed by atoms with van der Waals surface area (Å²) in [7, 11) is 0. The summed E-state index contributed by atoms with van der Waals surface area (Å²) in [4.78, 5) is 26.0. The van der Waals surface area contributed by atoms with E-state index in [0.29, 0.717) is 12.8 Å². The minimum atomic E-state index is -0.728. The van der Waals surface area contributed by atoms with Crippen molar-refractivity contribution in [3.05, 3.63) is 18.5 Å². The van der Waals surface area contributed by atoms with E-state index in [-0.39, 0.29) is 30.9 Å². The molecule has 0 spiro atoms. The molecule has 1 aromatic heterocycles. The summed E-state index contributed by atoms with van der Waals surface area (Å²) in [6, 6.07) is 1.72. The van der Waals surface area contributed by atoms with Crippen LogP contribution in [0.4, 0.5) is 0 Å². The second-order valence-electron chi connectivity index (χ2n) is 5.73. The highest BCUT2D eigenvalue weighted by molar-refractivity contribution is 5.89. The molecule has 1 aliphatic heterocycles. The predicted molar refractivity (Wildman–Crippen MR) is 85.6 cm³/mol. The van der Waals surface area contributed by atoms with Gasteiger partial charge in [-0.15, -0.1) is 12.4 Å². The van der Waals surface area contributed by atoms with E-state index in [9.17, 15) is 9.59 Å². The van der Waals surface area contributed by atoms with Gasteiger partial charge >= 0.3 is 0 Å². The number of piperidine rings is 1. The largest absolute Gasteiger partial charge is 0.368 e. The molecule has 8 heteroatoms. The number of nitrogens with one attached hydrogen (secondary N) is 1. The van der Waals surface area contributed by atoms with Gasteiger partial charge in [0.2, 0.25) is 5.91 Å². The number of amides is 2. The molecule has 1 aromatic rings. The van der Waals surface area contributed by atoms with Crippen molar-refractivity contribution in [2.24, 2.45) is 5.73 Å². The third-order valence-corrected chi connectivity index (χ3v) is 3.98. The van der Waals surface area contributed by atoms with Gasteiger partial charge in [0.1, 0.15) is 5.54 Å². The fraction of sp³-hybridized carbons (Fsp3) is 0.643. The predicted octanol–water partition coefficient (Wildman–Crippen LogP) is 0.106. The van der Waals surface area contributed by atoms with Gasteiger partial charge in [-0.05, 0) is 45.8 Å². The lowest BCUT2D eigenvalue weighted by Crippen LogP contribution is -2.58. The fourth-order valence-corrected chi connectivity index (χ4v) is 2.83. The van der Waals surface area contributed by atoms with Crippen molar-refractivity contribution < 1.29 is 9.59 Å². The van der Waals surface area contributed by atoms with Crippen LogP contribution in [0.1, 0.15) is 26.7 Å². The standard InChI is InChI=1S/C14H23N5O2.ClH/c1-11(2)18(10-12(15)20)13(21)14(4-7-16-8-5-14)19-9-3-6-17-19;/h3,6,9,11,16H,4-5,7-8,10H2,1-2H3,(H2,15,20);1H. The number of hydrogen-bond donors (Lipinski definition) is 2. The molecule has 0 bridgehead atoms. The highest BCUT2D eigenvalue weighted by atomic mass is 35.5. The van der Waals surface area contributed by atoms with Crippen LogP contribution in [-0.4, -0.2) is 52.2 Å². The molecule has 2 amide bonds. The number of rotatable bonds is 5. The molecule has 124 valence electrons. The van der Waals surface area contributed by atoms with E-state index in [1.54, 1.807) is 15.8 Å². The maximum Gasteiger partial charge on any atom is 0.251 e. The maximum atomic E-state index is 13.1. The van der Waals surface area contributed by atoms with E-state index in [0.717, 1.165) is 13.1 Å². The smallest absolute Gasteiger partial charge is 0.251 e. The molecular weight excluding hydrogens is 306 g/mol. The first-order valence-corrected chi connectivity index (χ1v) is 7.27. The highest BCUT2D eigenvalue weighted by Crippen LogP contribution is 2.30. The summed E-state index contributed by atoms with van der Waals surface area (Å²) in [5.74, 6) is -0.580. The van der Waals surface area contributed by atoms with Gasteiger partial charge in [0.15, 0.2) is 0 Å². The second kappa shape index (κ2) is 7.60. The summed E-state index contributed by atoms with van der Waals surface area (Å²) in [5, 5.41) is 7.54. The number of nitrogens with two attached hydrogens (primary N) is 1. The van der Waals surface area contributed by atoms with E-state index in [2.05, 4.69) is 10.4 Å². The summed E-state index contributed by atoms with van der Waals surface area (Å²) in [5.41, 5.74) is 4.56. The first-order valence-electron chi connectivity index (χ1n) is 7.27. The van der Waals surface area contributed by atoms with Gasteiger partial charge in [0.05, 0.1) is 6.54 Å². The van der Waals surface area contributed by atoms with Crippen LogP contribution in [0.2, 0.25) is 0 Å². The van der Waals surface area contributed by atoms with Crippen LogP contribution in [0.25, 0.3) is 0 Å². The number of primary amides is 1. The average Bonchev–Trinajstić information content (AvgIpc) is 2.99. The fourth-order valence-electron chi connectivity index (χ4n) is 2.83. The Morgan fingerprint density at radius 3 is 2.50 bits per heavy atom. The third kappa shape index (κ3) is 3.59. The van der Waals surface area contributed by atoms with Gasteiger partial charge in [0.25, 0.3) is 5.91 Å². The summed E-state index contributed by atoms with van der Waals surface area (Å²) in [6.07, 6.45) is 4.78. The molecule has 1 saturated heterocycles. The van der Waals surface area contributed by atoms with Crippen molar-refractivity contribution in [3.8, 4) is 0 Å². The van der Waals surface area contributed by atoms with Crippen molar-refractivity contribution in [2.75, 3.05) is 19.6 Å². The number of carbonyl (C=O) groups is 2. The van der Waals surface area contributed by atoms with Gasteiger partial charge < -0.3 is 16.0 Å². The minimum Gasteiger partial charge on any atom is -0.368 e. The minimum absolute atomic E-state index is 0. The monoisotopic (exact) mass is 329 g/mol. The molecule has 3 N–H and O–H groups in total. The lowest BCUT2D eigenvalue weighted by Gasteiger charge is -2.41. The topological polar surface area (TPSA) is 93.2 Å². The van der Waals surface area contributed by atoms with Gasteiger partial charge in [-0.3, -0.25) is 14.3 Å². The maximum absolute atomic E-state index is 13.1. The molecule has 0 radical (unpaired) electrons. The molecule has 0 aromatic carbocycles. The van der Waals surface area contributed by atoms with Crippen molar-refractivity contribution in [2.45, 2.75) is 38.3 Å². The van der Waals surface area contributed by atoms with Crippen molar-refractivity contribution in [1.29, 1.82) is 0 Å². The van der Waals surface area contributed by atoms with E-state index in [1.807, 2.05) is 26.1 Å². The van der Waals surface area contributed by atoms with Crippen molar-refractivity contribution >= 4 is 24.2 Å². The molecule has 0 atom stereocenters. The summed E-state index contributed by atoms with van der Waals surface area (Å²) < 4.78 is 1.73. The van der Waals surface area contributed by atoms with Gasteiger partial charge in [-0.25, -0.2) is 0 Å². The Hall–Kier alpha value is -1.60. The first-order chi connectivity index (χ1) is 9.97. The first kappa shape index (κ1) is 18.4. The normalized spacial score (nSPS) is 16.9. The Kier molecular flexibility index (Phi) is 6.37. The van der Waals surface area contributed by atoms with Crippen LogP contribution in [0.5, 0.6) is 0 Å². The van der Waals surface area contributed by atoms with Crippen LogP contribution in [-0.2, 0) is 15.1 Å². The summed E-state index contributed by atoms with van der Waals surface area (Å²) in [6.45, 7) is 5.20. The van der Waals surface area contributed by atoms with Crippen molar-refractivity contribution in [3.63, 3.8) is 0 Å². The van der Waals surface area contributed by atoms with Crippen LogP contribution in [0.3, 0.4) is 0 Å². The quantitative estimate of drug-likeness (QED) is 0.801. The van der Waals surface area contributed by atoms with E-state index < -0.39 is 11.4 Å². The lowest BCUT2D eigenvalue weighted by atomic mass is 9.86. The Labute approximate surface area is 136 Å². The molecule has 1 aliphatic rings. The van der Waals surface area contributed by atoms with Gasteiger partial charge in [-0.1, -0.05) is 0 Å². The number of aromatic nitrogens is 2. The molecule has 2 rings (SSSR count). The van der Waals surface area contributed by atoms with E-state index in [1.165, 1.54) is 0 Å². The van der Waals surface area contributed by atoms with Crippen LogP contribution in [0.15, 0.2) is 18.5 Å². The van der Waals surface area contributed by atoms with E-state index in [4.69, 9.17) is 5.73 Å². The lowest BCUT2D eigenvalue weighted by molar-refractivity contribution is -0.147. The zero-order chi connectivity index (χ0) is 15.5. The Morgan fingerprint density at radius 2 is 2.05 bits per heavy atom. The number of carbonyl (C=O) groups excluding carboxylic acids is 2. The molecule has 22 heavy (non-hydrogen) atoms. The number of nitrogens with zero attached hydrogens (tertiary/aromatic N) is 3. The van der Waals surface area contributed by atoms with Crippen LogP contribution < -0.4 is 11.1 Å². The van der Waals surface area contributed by atoms with Crippen LogP contribution in [0, 0.1) is 0 Å². The Balaban J connectivity index is 0.00000242. The molecule has 1 fully saturated rings. The molecule has 2 heterocycles. The zero-order valence-electron chi connectivity index (χ0n) is 13.0. The summed E-state index contributed by atoms with van der Waals surface area (Å²) >= 11 is 0. The third-order valence-electron chi connectivity index (χ3n) is 3.98. The van der Waals surface area contributed by atoms with Crippen molar-refractivity contribution in [1.82, 2.24) is 20.0 Å². The molecule has 0 aliphatic carbocycles. The number of hydrogen-bond acceptors (Lipinski definition) is 4. The Morgan fingerprint density at radius 1 is 1.41 bits per heavy atom. The van der Waals surface area contributed by atoms with Gasteiger partial charge in [-0.2, -0.15) is 5.10 Å². The molecule has 7 nitrogen and oxygen atoms in total. The molecule has 0 saturated carbocycles. The highest BCUT2D eigenvalue weighted by Gasteiger charge is 2.45. The Bertz CT molecular complexity index is 497. The van der Waals surface area contributed by atoms with E-state index >= 15 is 0 Å². The second-order valence-corrected chi connectivity index (χ2v) is 5.73.